The van der Waals surface area contributed by atoms with Crippen molar-refractivity contribution < 1.29 is 48.9 Å². The van der Waals surface area contributed by atoms with E-state index in [0.29, 0.717) is 0 Å². The number of alkyl halides is 5. The number of carbonyl (C=O) groups excluding carboxylic acids is 1. The van der Waals surface area contributed by atoms with Crippen LogP contribution in [0.25, 0.3) is 0 Å². The summed E-state index contributed by atoms with van der Waals surface area (Å²) in [4.78, 5) is 10.7. The quantitative estimate of drug-likeness (QED) is 0.220. The van der Waals surface area contributed by atoms with Crippen LogP contribution in [0.1, 0.15) is 12.5 Å². The van der Waals surface area contributed by atoms with Crippen molar-refractivity contribution in [3.05, 3.63) is 48.0 Å². The summed E-state index contributed by atoms with van der Waals surface area (Å²) in [6.45, 7) is 4.76. The van der Waals surface area contributed by atoms with Crippen molar-refractivity contribution in [2.24, 2.45) is 0 Å². The van der Waals surface area contributed by atoms with E-state index in [9.17, 15) is 39.7 Å². The average molecular weight is 447 g/mol. The predicted octanol–water partition coefficient (Wildman–Crippen LogP) is 3.07. The lowest BCUT2D eigenvalue weighted by Crippen LogP contribution is -2.52. The number of benzene rings is 1. The molecule has 0 aliphatic carbocycles. The number of halogens is 5. The summed E-state index contributed by atoms with van der Waals surface area (Å²) in [5.74, 6) is -1.90. The van der Waals surface area contributed by atoms with Gasteiger partial charge in [0.05, 0.1) is 21.1 Å². The number of hydrogen-bond acceptors (Lipinski definition) is 5. The van der Waals surface area contributed by atoms with Gasteiger partial charge in [-0.15, -0.1) is 0 Å². The highest BCUT2D eigenvalue weighted by Gasteiger charge is 2.62. The molecule has 1 unspecified atom stereocenters. The minimum Gasteiger partial charge on any atom is -0.743 e. The molecule has 1 aromatic rings. The predicted molar refractivity (Wildman–Crippen MR) is 93.6 cm³/mol. The Morgan fingerprint density at radius 2 is 1.59 bits per heavy atom. The molecule has 166 valence electrons. The Morgan fingerprint density at radius 3 is 1.90 bits per heavy atom. The molecular weight excluding hydrogens is 425 g/mol. The van der Waals surface area contributed by atoms with Crippen LogP contribution in [0.3, 0.4) is 0 Å². The molecule has 0 amide bonds. The number of ether oxygens (including phenoxy) is 1. The van der Waals surface area contributed by atoms with Gasteiger partial charge in [-0.05, 0) is 6.92 Å². The zero-order valence-corrected chi connectivity index (χ0v) is 17.0. The molecule has 1 atom stereocenters. The first kappa shape index (κ1) is 27.0. The fourth-order valence-electron chi connectivity index (χ4n) is 1.80. The number of esters is 1. The largest absolute Gasteiger partial charge is 0.743 e. The Morgan fingerprint density at radius 1 is 1.14 bits per heavy atom. The van der Waals surface area contributed by atoms with Crippen LogP contribution in [0, 0.1) is 0 Å². The SMILES string of the molecule is C=C(C)C(=O)OC(C(F)(F)F)C(F)(F)S(=O)(=O)[O-].C[N+](C)(C)Cc1ccccc1. The van der Waals surface area contributed by atoms with Gasteiger partial charge in [-0.25, -0.2) is 13.2 Å². The van der Waals surface area contributed by atoms with Gasteiger partial charge in [-0.1, -0.05) is 36.9 Å². The Kier molecular flexibility index (Phi) is 8.95. The first-order chi connectivity index (χ1) is 12.8. The number of carbonyl (C=O) groups is 1. The first-order valence-electron chi connectivity index (χ1n) is 7.90. The maximum Gasteiger partial charge on any atom is 0.432 e. The molecule has 0 N–H and O–H groups in total. The molecule has 0 saturated carbocycles. The van der Waals surface area contributed by atoms with Gasteiger partial charge in [0.25, 0.3) is 6.10 Å². The van der Waals surface area contributed by atoms with Crippen molar-refractivity contribution in [3.8, 4) is 0 Å². The van der Waals surface area contributed by atoms with Gasteiger partial charge in [0.2, 0.25) is 0 Å². The highest BCUT2D eigenvalue weighted by molar-refractivity contribution is 7.86. The molecule has 0 aliphatic rings. The molecular formula is C17H22F5NO5S. The van der Waals surface area contributed by atoms with Crippen molar-refractivity contribution in [3.63, 3.8) is 0 Å². The second kappa shape index (κ2) is 9.63. The van der Waals surface area contributed by atoms with Crippen molar-refractivity contribution in [1.82, 2.24) is 0 Å². The Labute approximate surface area is 165 Å². The molecule has 6 nitrogen and oxygen atoms in total. The molecule has 29 heavy (non-hydrogen) atoms. The summed E-state index contributed by atoms with van der Waals surface area (Å²) in [5.41, 5.74) is 0.725. The van der Waals surface area contributed by atoms with E-state index in [2.05, 4.69) is 62.8 Å². The second-order valence-corrected chi connectivity index (χ2v) is 8.51. The number of hydrogen-bond donors (Lipinski definition) is 0. The molecule has 0 bridgehead atoms. The van der Waals surface area contributed by atoms with Gasteiger partial charge in [0.1, 0.15) is 6.54 Å². The molecule has 12 heteroatoms. The summed E-state index contributed by atoms with van der Waals surface area (Å²) >= 11 is 0. The van der Waals surface area contributed by atoms with E-state index in [1.165, 1.54) is 5.56 Å². The third-order valence-electron chi connectivity index (χ3n) is 3.01. The Balaban J connectivity index is 0.000000604. The minimum atomic E-state index is -6.67. The van der Waals surface area contributed by atoms with Crippen LogP contribution in [0.4, 0.5) is 22.0 Å². The van der Waals surface area contributed by atoms with Crippen LogP contribution in [0.5, 0.6) is 0 Å². The van der Waals surface area contributed by atoms with E-state index in [1.807, 2.05) is 0 Å². The molecule has 0 radical (unpaired) electrons. The second-order valence-electron chi connectivity index (χ2n) is 7.06. The monoisotopic (exact) mass is 447 g/mol. The van der Waals surface area contributed by atoms with E-state index in [0.717, 1.165) is 18.0 Å². The van der Waals surface area contributed by atoms with E-state index in [4.69, 9.17) is 0 Å². The lowest BCUT2D eigenvalue weighted by atomic mass is 10.2. The topological polar surface area (TPSA) is 83.5 Å². The Bertz CT molecular complexity index is 802. The smallest absolute Gasteiger partial charge is 0.432 e. The minimum absolute atomic E-state index is 0.677. The lowest BCUT2D eigenvalue weighted by Gasteiger charge is -2.29. The van der Waals surface area contributed by atoms with E-state index < -0.39 is 39.2 Å². The van der Waals surface area contributed by atoms with Gasteiger partial charge in [-0.3, -0.25) is 0 Å². The normalized spacial score (nSPS) is 13.7. The Hall–Kier alpha value is -2.05. The summed E-state index contributed by atoms with van der Waals surface area (Å²) in [6, 6.07) is 10.6. The number of nitrogens with zero attached hydrogens (tertiary/aromatic N) is 1. The van der Waals surface area contributed by atoms with E-state index in [-0.39, 0.29) is 0 Å². The highest BCUT2D eigenvalue weighted by Crippen LogP contribution is 2.38. The maximum atomic E-state index is 12.8. The zero-order valence-electron chi connectivity index (χ0n) is 16.2. The van der Waals surface area contributed by atoms with Crippen molar-refractivity contribution >= 4 is 16.1 Å². The van der Waals surface area contributed by atoms with Crippen LogP contribution >= 0.6 is 0 Å². The summed E-state index contributed by atoms with van der Waals surface area (Å²) in [6.07, 6.45) is -10.3. The molecule has 0 saturated heterocycles. The third-order valence-corrected chi connectivity index (χ3v) is 3.89. The average Bonchev–Trinajstić information content (AvgIpc) is 2.49. The van der Waals surface area contributed by atoms with Crippen LogP contribution in [0.15, 0.2) is 42.5 Å². The third kappa shape index (κ3) is 9.33. The van der Waals surface area contributed by atoms with Crippen LogP contribution in [-0.4, -0.2) is 62.1 Å². The molecule has 0 aromatic heterocycles. The van der Waals surface area contributed by atoms with Crippen LogP contribution in [-0.2, 0) is 26.2 Å². The van der Waals surface area contributed by atoms with Crippen LogP contribution < -0.4 is 0 Å². The van der Waals surface area contributed by atoms with Crippen LogP contribution in [0.2, 0.25) is 0 Å². The molecule has 1 rings (SSSR count). The fraction of sp³-hybridized carbons (Fsp3) is 0.471. The van der Waals surface area contributed by atoms with E-state index >= 15 is 0 Å². The van der Waals surface area contributed by atoms with Gasteiger partial charge in [0.15, 0.2) is 10.1 Å². The van der Waals surface area contributed by atoms with Gasteiger partial charge >= 0.3 is 17.4 Å². The summed E-state index contributed by atoms with van der Waals surface area (Å²) in [7, 11) is -0.0621. The number of quaternary nitrogens is 1. The highest BCUT2D eigenvalue weighted by atomic mass is 32.2. The number of rotatable bonds is 6. The molecule has 0 fully saturated rings. The van der Waals surface area contributed by atoms with E-state index in [1.54, 1.807) is 0 Å². The zero-order chi connectivity index (χ0) is 23.3. The molecule has 0 heterocycles. The molecule has 0 aliphatic heterocycles. The maximum absolute atomic E-state index is 12.8. The van der Waals surface area contributed by atoms with Gasteiger partial charge in [-0.2, -0.15) is 22.0 Å². The molecule has 0 spiro atoms. The lowest BCUT2D eigenvalue weighted by molar-refractivity contribution is -0.884. The standard InChI is InChI=1S/C10H16N.C7H7F5O5S/c1-11(2,3)9-10-7-5-4-6-8-10;1-3(2)4(13)17-5(6(8,9)10)7(11,12)18(14,15)16/h4-8H,9H2,1-3H3;5H,1H2,2H3,(H,14,15,16)/q+1;/p-1. The fourth-order valence-corrected chi connectivity index (χ4v) is 2.24. The van der Waals surface area contributed by atoms with Crippen molar-refractivity contribution in [1.29, 1.82) is 0 Å². The van der Waals surface area contributed by atoms with Gasteiger partial charge in [0, 0.05) is 11.1 Å². The van der Waals surface area contributed by atoms with Crippen molar-refractivity contribution in [2.45, 2.75) is 31.0 Å². The first-order valence-corrected chi connectivity index (χ1v) is 9.30. The van der Waals surface area contributed by atoms with Crippen molar-refractivity contribution in [2.75, 3.05) is 21.1 Å². The summed E-state index contributed by atoms with van der Waals surface area (Å²) in [5, 5.41) is -5.84. The van der Waals surface area contributed by atoms with Gasteiger partial charge < -0.3 is 13.8 Å². The summed E-state index contributed by atoms with van der Waals surface area (Å²) < 4.78 is 96.6. The molecule has 1 aromatic carbocycles.